The van der Waals surface area contributed by atoms with Crippen LogP contribution in [0.1, 0.15) is 23.4 Å². The molecule has 0 spiro atoms. The Morgan fingerprint density at radius 3 is 2.93 bits per heavy atom. The number of amides is 1. The maximum Gasteiger partial charge on any atom is 0.285 e. The summed E-state index contributed by atoms with van der Waals surface area (Å²) in [6, 6.07) is 12.0. The number of hydrogen-bond donors (Lipinski definition) is 1. The summed E-state index contributed by atoms with van der Waals surface area (Å²) in [5.74, 6) is 0.208. The Kier molecular flexibility index (Phi) is 4.18. The minimum absolute atomic E-state index is 0.160. The van der Waals surface area contributed by atoms with Gasteiger partial charge < -0.3 is 10.2 Å². The zero-order chi connectivity index (χ0) is 20.2. The summed E-state index contributed by atoms with van der Waals surface area (Å²) in [5.41, 5.74) is 2.18. The smallest absolute Gasteiger partial charge is 0.285 e. The molecule has 1 saturated heterocycles. The van der Waals surface area contributed by atoms with Gasteiger partial charge in [-0.3, -0.25) is 4.79 Å². The van der Waals surface area contributed by atoms with E-state index in [4.69, 9.17) is 0 Å². The first kappa shape index (κ1) is 18.3. The Hall–Kier alpha value is -2.78. The number of anilines is 1. The third-order valence-corrected chi connectivity index (χ3v) is 7.46. The summed E-state index contributed by atoms with van der Waals surface area (Å²) in [6.45, 7) is 2.54. The number of carbonyl (C=O) groups is 1. The zero-order valence-corrected chi connectivity index (χ0v) is 17.3. The molecule has 0 saturated carbocycles. The molecule has 9 heteroatoms. The molecule has 1 amide bonds. The third-order valence-electron chi connectivity index (χ3n) is 5.20. The fourth-order valence-corrected chi connectivity index (χ4v) is 6.02. The van der Waals surface area contributed by atoms with Gasteiger partial charge in [0.05, 0.1) is 15.2 Å². The minimum atomic E-state index is -3.71. The van der Waals surface area contributed by atoms with E-state index in [0.29, 0.717) is 30.1 Å². The molecule has 3 heterocycles. The average molecular weight is 427 g/mol. The van der Waals surface area contributed by atoms with E-state index in [-0.39, 0.29) is 10.8 Å². The van der Waals surface area contributed by atoms with Gasteiger partial charge in [0.1, 0.15) is 10.9 Å². The topological polar surface area (TPSA) is 91.7 Å². The van der Waals surface area contributed by atoms with E-state index in [9.17, 15) is 13.2 Å². The van der Waals surface area contributed by atoms with Crippen LogP contribution in [0.3, 0.4) is 0 Å². The first-order chi connectivity index (χ1) is 13.9. The van der Waals surface area contributed by atoms with Gasteiger partial charge in [0.15, 0.2) is 5.84 Å². The molecule has 1 aromatic heterocycles. The summed E-state index contributed by atoms with van der Waals surface area (Å²) in [6.07, 6.45) is 1.45. The van der Waals surface area contributed by atoms with E-state index in [1.165, 1.54) is 0 Å². The van der Waals surface area contributed by atoms with Crippen molar-refractivity contribution in [3.05, 3.63) is 53.0 Å². The van der Waals surface area contributed by atoms with Crippen molar-refractivity contribution in [2.45, 2.75) is 30.7 Å². The molecule has 1 N–H and O–H groups in total. The number of likely N-dealkylation sites (tertiary alicyclic amines) is 1. The van der Waals surface area contributed by atoms with Crippen molar-refractivity contribution in [3.8, 4) is 0 Å². The number of thiazole rings is 1. The number of benzene rings is 2. The van der Waals surface area contributed by atoms with Gasteiger partial charge in [-0.2, -0.15) is 8.42 Å². The maximum atomic E-state index is 13.0. The van der Waals surface area contributed by atoms with Crippen LogP contribution in [-0.2, 0) is 14.8 Å². The molecule has 7 nitrogen and oxygen atoms in total. The first-order valence-corrected chi connectivity index (χ1v) is 11.6. The normalized spacial score (nSPS) is 20.0. The van der Waals surface area contributed by atoms with Crippen molar-refractivity contribution in [1.29, 1.82) is 0 Å². The summed E-state index contributed by atoms with van der Waals surface area (Å²) < 4.78 is 29.8. The quantitative estimate of drug-likeness (QED) is 0.680. The van der Waals surface area contributed by atoms with Crippen LogP contribution in [0.5, 0.6) is 0 Å². The largest absolute Gasteiger partial charge is 0.343 e. The van der Waals surface area contributed by atoms with Crippen molar-refractivity contribution < 1.29 is 13.2 Å². The number of rotatable bonds is 2. The standard InChI is InChI=1S/C20H18N4O3S2/c1-12-21-15-9-8-13(11-17(15)28-12)22-20(25)16-6-4-10-24(16)19-14-5-2-3-7-18(14)29(26,27)23-19/h2-3,5,7-9,11,16H,4,6,10H2,1H3,(H,22,25)/t16-/m0/s1. The van der Waals surface area contributed by atoms with Crippen LogP contribution < -0.4 is 5.32 Å². The number of aromatic nitrogens is 1. The SMILES string of the molecule is Cc1nc2ccc(NC(=O)[C@@H]3CCCN3C3=NS(=O)(=O)c4ccccc43)cc2s1. The molecule has 2 aliphatic rings. The molecule has 5 rings (SSSR count). The van der Waals surface area contributed by atoms with Gasteiger partial charge in [-0.15, -0.1) is 15.7 Å². The van der Waals surface area contributed by atoms with Gasteiger partial charge in [0.25, 0.3) is 10.0 Å². The summed E-state index contributed by atoms with van der Waals surface area (Å²) in [7, 11) is -3.71. The van der Waals surface area contributed by atoms with Gasteiger partial charge in [0, 0.05) is 17.8 Å². The number of amidine groups is 1. The van der Waals surface area contributed by atoms with E-state index in [0.717, 1.165) is 21.6 Å². The van der Waals surface area contributed by atoms with E-state index >= 15 is 0 Å². The predicted molar refractivity (Wildman–Crippen MR) is 113 cm³/mol. The fourth-order valence-electron chi connectivity index (χ4n) is 3.93. The molecule has 1 fully saturated rings. The second-order valence-electron chi connectivity index (χ2n) is 7.14. The molecule has 3 aromatic rings. The molecule has 0 aliphatic carbocycles. The van der Waals surface area contributed by atoms with Gasteiger partial charge in [-0.25, -0.2) is 4.98 Å². The molecule has 1 atom stereocenters. The van der Waals surface area contributed by atoms with E-state index in [2.05, 4.69) is 14.7 Å². The van der Waals surface area contributed by atoms with Crippen LogP contribution in [0.2, 0.25) is 0 Å². The molecule has 148 valence electrons. The van der Waals surface area contributed by atoms with Gasteiger partial charge in [-0.05, 0) is 50.1 Å². The Labute approximate surface area is 172 Å². The van der Waals surface area contributed by atoms with E-state index < -0.39 is 16.1 Å². The van der Waals surface area contributed by atoms with E-state index in [1.807, 2.05) is 30.0 Å². The highest BCUT2D eigenvalue weighted by molar-refractivity contribution is 7.90. The van der Waals surface area contributed by atoms with E-state index in [1.54, 1.807) is 35.6 Å². The lowest BCUT2D eigenvalue weighted by Crippen LogP contribution is -2.43. The molecular weight excluding hydrogens is 408 g/mol. The molecule has 29 heavy (non-hydrogen) atoms. The summed E-state index contributed by atoms with van der Waals surface area (Å²) in [4.78, 5) is 19.5. The number of hydrogen-bond acceptors (Lipinski definition) is 6. The molecule has 0 unspecified atom stereocenters. The lowest BCUT2D eigenvalue weighted by molar-refractivity contribution is -0.119. The number of nitrogens with one attached hydrogen (secondary N) is 1. The zero-order valence-electron chi connectivity index (χ0n) is 15.6. The van der Waals surface area contributed by atoms with Crippen LogP contribution in [0.4, 0.5) is 5.69 Å². The maximum absolute atomic E-state index is 13.0. The van der Waals surface area contributed by atoms with Crippen molar-refractivity contribution >= 4 is 49.0 Å². The van der Waals surface area contributed by atoms with Gasteiger partial charge >= 0.3 is 0 Å². The lowest BCUT2D eigenvalue weighted by Gasteiger charge is -2.25. The second-order valence-corrected chi connectivity index (χ2v) is 9.95. The molecule has 0 bridgehead atoms. The number of fused-ring (bicyclic) bond motifs is 2. The number of aryl methyl sites for hydroxylation is 1. The summed E-state index contributed by atoms with van der Waals surface area (Å²) >= 11 is 1.58. The van der Waals surface area contributed by atoms with Gasteiger partial charge in [0.2, 0.25) is 5.91 Å². The van der Waals surface area contributed by atoms with Gasteiger partial charge in [-0.1, -0.05) is 12.1 Å². The molecule has 0 radical (unpaired) electrons. The van der Waals surface area contributed by atoms with Crippen LogP contribution in [-0.4, -0.2) is 42.6 Å². The monoisotopic (exact) mass is 426 g/mol. The van der Waals surface area contributed by atoms with Crippen molar-refractivity contribution in [2.75, 3.05) is 11.9 Å². The number of nitrogens with zero attached hydrogens (tertiary/aromatic N) is 3. The lowest BCUT2D eigenvalue weighted by atomic mass is 10.1. The highest BCUT2D eigenvalue weighted by Gasteiger charge is 2.39. The van der Waals surface area contributed by atoms with Crippen LogP contribution in [0.15, 0.2) is 51.8 Å². The number of sulfonamides is 1. The third kappa shape index (κ3) is 3.10. The minimum Gasteiger partial charge on any atom is -0.343 e. The Balaban J connectivity index is 1.43. The number of carbonyl (C=O) groups excluding carboxylic acids is 1. The predicted octanol–water partition coefficient (Wildman–Crippen LogP) is 3.16. The summed E-state index contributed by atoms with van der Waals surface area (Å²) in [5, 5.41) is 3.95. The highest BCUT2D eigenvalue weighted by atomic mass is 32.2. The molecule has 2 aliphatic heterocycles. The Bertz CT molecular complexity index is 1280. The fraction of sp³-hybridized carbons (Fsp3) is 0.250. The van der Waals surface area contributed by atoms with Crippen LogP contribution in [0, 0.1) is 6.92 Å². The average Bonchev–Trinajstić information content (AvgIpc) is 3.37. The second kappa shape index (κ2) is 6.64. The van der Waals surface area contributed by atoms with Crippen molar-refractivity contribution in [2.24, 2.45) is 4.40 Å². The molecule has 2 aromatic carbocycles. The van der Waals surface area contributed by atoms with Crippen LogP contribution >= 0.6 is 11.3 Å². The van der Waals surface area contributed by atoms with Crippen LogP contribution in [0.25, 0.3) is 10.2 Å². The van der Waals surface area contributed by atoms with Crippen molar-refractivity contribution in [3.63, 3.8) is 0 Å². The first-order valence-electron chi connectivity index (χ1n) is 9.31. The Morgan fingerprint density at radius 2 is 2.07 bits per heavy atom. The van der Waals surface area contributed by atoms with Crippen molar-refractivity contribution in [1.82, 2.24) is 9.88 Å². The highest BCUT2D eigenvalue weighted by Crippen LogP contribution is 2.32. The Morgan fingerprint density at radius 1 is 1.24 bits per heavy atom. The molecular formula is C20H18N4O3S2.